The van der Waals surface area contributed by atoms with Crippen molar-refractivity contribution in [2.45, 2.75) is 19.5 Å². The fourth-order valence-corrected chi connectivity index (χ4v) is 2.38. The van der Waals surface area contributed by atoms with Gasteiger partial charge in [-0.25, -0.2) is 9.37 Å². The number of nitrogens with one attached hydrogen (secondary N) is 1. The minimum Gasteiger partial charge on any atom is -0.309 e. The van der Waals surface area contributed by atoms with E-state index < -0.39 is 12.1 Å². The Morgan fingerprint density at radius 2 is 2.22 bits per heavy atom. The van der Waals surface area contributed by atoms with Crippen molar-refractivity contribution < 1.29 is 9.18 Å². The fraction of sp³-hybridized carbons (Fsp3) is 0.267. The zero-order valence-corrected chi connectivity index (χ0v) is 12.3. The second-order valence-corrected chi connectivity index (χ2v) is 5.60. The third kappa shape index (κ3) is 2.63. The van der Waals surface area contributed by atoms with Gasteiger partial charge in [0, 0.05) is 11.8 Å². The molecule has 1 N–H and O–H groups in total. The first-order valence-corrected chi connectivity index (χ1v) is 7.19. The van der Waals surface area contributed by atoms with Gasteiger partial charge >= 0.3 is 0 Å². The minimum absolute atomic E-state index is 0.291. The molecule has 0 aliphatic heterocycles. The fourth-order valence-electron chi connectivity index (χ4n) is 2.38. The number of nitrogens with zero attached hydrogens (tertiary/aromatic N) is 5. The maximum absolute atomic E-state index is 12.9. The highest BCUT2D eigenvalue weighted by Crippen LogP contribution is 2.34. The smallest absolute Gasteiger partial charge is 0.231 e. The Morgan fingerprint density at radius 3 is 2.96 bits per heavy atom. The second kappa shape index (κ2) is 5.08. The predicted octanol–water partition coefficient (Wildman–Crippen LogP) is 1.79. The molecule has 1 fully saturated rings. The number of amides is 1. The van der Waals surface area contributed by atoms with E-state index in [4.69, 9.17) is 0 Å². The summed E-state index contributed by atoms with van der Waals surface area (Å²) in [4.78, 5) is 20.4. The van der Waals surface area contributed by atoms with Crippen molar-refractivity contribution in [3.63, 3.8) is 0 Å². The summed E-state index contributed by atoms with van der Waals surface area (Å²) in [5.74, 6) is -0.487. The zero-order valence-electron chi connectivity index (χ0n) is 12.3. The molecular formula is C15H13FN6O. The van der Waals surface area contributed by atoms with Crippen LogP contribution in [0.1, 0.15) is 12.1 Å². The first-order valence-electron chi connectivity index (χ1n) is 7.19. The van der Waals surface area contributed by atoms with E-state index in [1.807, 2.05) is 13.0 Å². The Hall–Kier alpha value is -2.90. The number of imidazole rings is 1. The van der Waals surface area contributed by atoms with E-state index >= 15 is 0 Å². The van der Waals surface area contributed by atoms with Crippen molar-refractivity contribution in [1.82, 2.24) is 24.6 Å². The molecule has 0 spiro atoms. The number of hydrogen-bond acceptors (Lipinski definition) is 5. The topological polar surface area (TPSA) is 85.1 Å². The molecule has 23 heavy (non-hydrogen) atoms. The van der Waals surface area contributed by atoms with Gasteiger partial charge in [-0.15, -0.1) is 0 Å². The van der Waals surface area contributed by atoms with Gasteiger partial charge in [0.25, 0.3) is 0 Å². The average Bonchev–Trinajstić information content (AvgIpc) is 3.13. The summed E-state index contributed by atoms with van der Waals surface area (Å²) in [6.07, 6.45) is 5.98. The van der Waals surface area contributed by atoms with Crippen LogP contribution in [0.25, 0.3) is 16.9 Å². The summed E-state index contributed by atoms with van der Waals surface area (Å²) < 4.78 is 14.7. The van der Waals surface area contributed by atoms with E-state index in [0.29, 0.717) is 17.9 Å². The van der Waals surface area contributed by atoms with E-state index in [9.17, 15) is 9.18 Å². The molecule has 4 rings (SSSR count). The van der Waals surface area contributed by atoms with Crippen molar-refractivity contribution in [1.29, 1.82) is 0 Å². The van der Waals surface area contributed by atoms with Gasteiger partial charge in [-0.2, -0.15) is 10.2 Å². The van der Waals surface area contributed by atoms with Crippen molar-refractivity contribution in [3.05, 3.63) is 36.5 Å². The van der Waals surface area contributed by atoms with Gasteiger partial charge in [-0.3, -0.25) is 9.78 Å². The third-order valence-electron chi connectivity index (χ3n) is 3.71. The third-order valence-corrected chi connectivity index (χ3v) is 3.71. The summed E-state index contributed by atoms with van der Waals surface area (Å²) in [6, 6.07) is 1.88. The molecule has 1 aliphatic carbocycles. The normalized spacial score (nSPS) is 19.7. The Labute approximate surface area is 130 Å². The van der Waals surface area contributed by atoms with Crippen LogP contribution in [0, 0.1) is 12.8 Å². The zero-order chi connectivity index (χ0) is 16.0. The summed E-state index contributed by atoms with van der Waals surface area (Å²) in [5.41, 5.74) is 2.96. The molecule has 2 atom stereocenters. The molecule has 8 heteroatoms. The molecule has 3 heterocycles. The standard InChI is InChI=1S/C15H13FN6O/c1-8-2-9(4-18-21-8)12-6-22-7-13(19-14(22)5-17-12)20-15(23)10-3-11(10)16/h2,4-7,10-11H,3H2,1H3,(H,20,23)/t10-,11+/m1/s1. The van der Waals surface area contributed by atoms with E-state index in [-0.39, 0.29) is 5.91 Å². The van der Waals surface area contributed by atoms with E-state index in [1.165, 1.54) is 0 Å². The highest BCUT2D eigenvalue weighted by molar-refractivity contribution is 5.94. The van der Waals surface area contributed by atoms with Crippen molar-refractivity contribution >= 4 is 17.4 Å². The first kappa shape index (κ1) is 13.7. The number of fused-ring (bicyclic) bond motifs is 1. The van der Waals surface area contributed by atoms with Gasteiger partial charge in [0.15, 0.2) is 11.5 Å². The van der Waals surface area contributed by atoms with Gasteiger partial charge in [0.1, 0.15) is 6.17 Å². The lowest BCUT2D eigenvalue weighted by Gasteiger charge is -2.01. The van der Waals surface area contributed by atoms with Gasteiger partial charge in [-0.1, -0.05) is 0 Å². The Balaban J connectivity index is 1.63. The average molecular weight is 312 g/mol. The number of rotatable bonds is 3. The number of halogens is 1. The van der Waals surface area contributed by atoms with Crippen LogP contribution in [0.4, 0.5) is 10.2 Å². The number of carbonyl (C=O) groups excluding carboxylic acids is 1. The molecule has 1 amide bonds. The summed E-state index contributed by atoms with van der Waals surface area (Å²) in [6.45, 7) is 1.86. The van der Waals surface area contributed by atoms with Crippen LogP contribution >= 0.6 is 0 Å². The number of aromatic nitrogens is 5. The Bertz CT molecular complexity index is 908. The number of hydrogen-bond donors (Lipinski definition) is 1. The predicted molar refractivity (Wildman–Crippen MR) is 80.4 cm³/mol. The van der Waals surface area contributed by atoms with Crippen LogP contribution in [0.5, 0.6) is 0 Å². The summed E-state index contributed by atoms with van der Waals surface area (Å²) in [5, 5.41) is 10.5. The minimum atomic E-state index is -1.03. The molecule has 1 aliphatic rings. The van der Waals surface area contributed by atoms with Gasteiger partial charge in [0.2, 0.25) is 5.91 Å². The van der Waals surface area contributed by atoms with E-state index in [0.717, 1.165) is 17.0 Å². The van der Waals surface area contributed by atoms with Crippen LogP contribution < -0.4 is 5.32 Å². The lowest BCUT2D eigenvalue weighted by molar-refractivity contribution is -0.117. The van der Waals surface area contributed by atoms with Crippen molar-refractivity contribution in [2.75, 3.05) is 5.32 Å². The highest BCUT2D eigenvalue weighted by Gasteiger charge is 2.43. The SMILES string of the molecule is Cc1cc(-c2cn3cc(NC(=O)[C@@H]4C[C@@H]4F)nc3cn2)cnn1. The molecule has 0 saturated heterocycles. The van der Waals surface area contributed by atoms with E-state index in [2.05, 4.69) is 25.5 Å². The second-order valence-electron chi connectivity index (χ2n) is 5.60. The maximum atomic E-state index is 12.9. The van der Waals surface area contributed by atoms with E-state index in [1.54, 1.807) is 29.2 Å². The molecule has 0 unspecified atom stereocenters. The van der Waals surface area contributed by atoms with Crippen LogP contribution in [-0.2, 0) is 4.79 Å². The molecule has 3 aromatic rings. The van der Waals surface area contributed by atoms with Gasteiger partial charge in [-0.05, 0) is 19.4 Å². The number of carbonyl (C=O) groups is 1. The molecule has 0 bridgehead atoms. The lowest BCUT2D eigenvalue weighted by Crippen LogP contribution is -2.15. The van der Waals surface area contributed by atoms with Crippen molar-refractivity contribution in [2.24, 2.45) is 5.92 Å². The molecule has 0 radical (unpaired) electrons. The highest BCUT2D eigenvalue weighted by atomic mass is 19.1. The van der Waals surface area contributed by atoms with Crippen LogP contribution in [0.15, 0.2) is 30.9 Å². The van der Waals surface area contributed by atoms with Crippen LogP contribution in [0.3, 0.4) is 0 Å². The van der Waals surface area contributed by atoms with Crippen LogP contribution in [-0.4, -0.2) is 36.6 Å². The molecule has 1 saturated carbocycles. The summed E-state index contributed by atoms with van der Waals surface area (Å²) in [7, 11) is 0. The quantitative estimate of drug-likeness (QED) is 0.797. The van der Waals surface area contributed by atoms with Crippen molar-refractivity contribution in [3.8, 4) is 11.3 Å². The van der Waals surface area contributed by atoms with Gasteiger partial charge < -0.3 is 9.72 Å². The molecule has 116 valence electrons. The largest absolute Gasteiger partial charge is 0.309 e. The molecule has 0 aromatic carbocycles. The van der Waals surface area contributed by atoms with Crippen LogP contribution in [0.2, 0.25) is 0 Å². The molecule has 7 nitrogen and oxygen atoms in total. The summed E-state index contributed by atoms with van der Waals surface area (Å²) >= 11 is 0. The first-order chi connectivity index (χ1) is 11.1. The monoisotopic (exact) mass is 312 g/mol. The maximum Gasteiger partial charge on any atom is 0.231 e. The molecule has 3 aromatic heterocycles. The Morgan fingerprint density at radius 1 is 1.39 bits per heavy atom. The lowest BCUT2D eigenvalue weighted by atomic mass is 10.2. The number of aryl methyl sites for hydroxylation is 1. The number of alkyl halides is 1. The Kier molecular flexibility index (Phi) is 3.03. The van der Waals surface area contributed by atoms with Gasteiger partial charge in [0.05, 0.1) is 35.9 Å². The number of anilines is 1. The molecular weight excluding hydrogens is 299 g/mol.